The van der Waals surface area contributed by atoms with Crippen molar-refractivity contribution < 1.29 is 23.1 Å². The zero-order chi connectivity index (χ0) is 14.8. The van der Waals surface area contributed by atoms with Gasteiger partial charge >= 0.3 is 6.18 Å². The van der Waals surface area contributed by atoms with Crippen molar-refractivity contribution in [1.82, 2.24) is 10.2 Å². The SMILES string of the molecule is O=C(Cc1cccc(O)c1)Nc1nnc(C(F)(F)F)s1. The van der Waals surface area contributed by atoms with Crippen molar-refractivity contribution >= 4 is 22.4 Å². The predicted octanol–water partition coefficient (Wildman–Crippen LogP) is 2.44. The molecular formula is C11H8F3N3O2S. The number of halogens is 3. The number of carbonyl (C=O) groups is 1. The van der Waals surface area contributed by atoms with E-state index in [9.17, 15) is 23.1 Å². The lowest BCUT2D eigenvalue weighted by molar-refractivity contribution is -0.138. The van der Waals surface area contributed by atoms with Crippen LogP contribution in [0.15, 0.2) is 24.3 Å². The highest BCUT2D eigenvalue weighted by Crippen LogP contribution is 2.32. The zero-order valence-electron chi connectivity index (χ0n) is 9.81. The average Bonchev–Trinajstić information content (AvgIpc) is 2.76. The van der Waals surface area contributed by atoms with Crippen molar-refractivity contribution in [2.24, 2.45) is 0 Å². The van der Waals surface area contributed by atoms with Crippen molar-refractivity contribution in [3.8, 4) is 5.75 Å². The molecule has 0 atom stereocenters. The fourth-order valence-corrected chi connectivity index (χ4v) is 2.03. The van der Waals surface area contributed by atoms with Crippen LogP contribution in [0.5, 0.6) is 5.75 Å². The third-order valence-electron chi connectivity index (χ3n) is 2.19. The Morgan fingerprint density at radius 1 is 1.35 bits per heavy atom. The van der Waals surface area contributed by atoms with Crippen LogP contribution >= 0.6 is 11.3 Å². The largest absolute Gasteiger partial charge is 0.508 e. The van der Waals surface area contributed by atoms with Gasteiger partial charge in [-0.15, -0.1) is 10.2 Å². The number of hydrogen-bond donors (Lipinski definition) is 2. The first-order valence-electron chi connectivity index (χ1n) is 5.33. The van der Waals surface area contributed by atoms with E-state index >= 15 is 0 Å². The number of carbonyl (C=O) groups excluding carboxylic acids is 1. The highest BCUT2D eigenvalue weighted by Gasteiger charge is 2.35. The molecule has 0 aliphatic heterocycles. The lowest BCUT2D eigenvalue weighted by Gasteiger charge is -2.02. The smallest absolute Gasteiger partial charge is 0.445 e. The van der Waals surface area contributed by atoms with Crippen LogP contribution in [0.25, 0.3) is 0 Å². The standard InChI is InChI=1S/C11H8F3N3O2S/c12-11(13,14)9-16-17-10(20-9)15-8(19)5-6-2-1-3-7(18)4-6/h1-4,18H,5H2,(H,15,17,19). The molecule has 0 saturated heterocycles. The van der Waals surface area contributed by atoms with Gasteiger partial charge in [0.25, 0.3) is 0 Å². The fraction of sp³-hybridized carbons (Fsp3) is 0.182. The number of amides is 1. The van der Waals surface area contributed by atoms with Crippen molar-refractivity contribution in [1.29, 1.82) is 0 Å². The third-order valence-corrected chi connectivity index (χ3v) is 3.07. The van der Waals surface area contributed by atoms with Crippen LogP contribution in [0.1, 0.15) is 10.6 Å². The molecule has 1 aromatic heterocycles. The van der Waals surface area contributed by atoms with Crippen LogP contribution in [0.3, 0.4) is 0 Å². The number of phenolic OH excluding ortho intramolecular Hbond substituents is 1. The van der Waals surface area contributed by atoms with E-state index in [4.69, 9.17) is 0 Å². The molecule has 0 saturated carbocycles. The summed E-state index contributed by atoms with van der Waals surface area (Å²) in [4.78, 5) is 11.6. The first-order chi connectivity index (χ1) is 9.34. The van der Waals surface area contributed by atoms with E-state index in [1.54, 1.807) is 12.1 Å². The van der Waals surface area contributed by atoms with Crippen LogP contribution in [0, 0.1) is 0 Å². The Bertz CT molecular complexity index is 627. The summed E-state index contributed by atoms with van der Waals surface area (Å²) >= 11 is 0.253. The molecule has 0 spiro atoms. The molecule has 2 aromatic rings. The van der Waals surface area contributed by atoms with E-state index < -0.39 is 17.1 Å². The summed E-state index contributed by atoms with van der Waals surface area (Å²) in [6.07, 6.45) is -4.67. The highest BCUT2D eigenvalue weighted by atomic mass is 32.1. The molecule has 106 valence electrons. The van der Waals surface area contributed by atoms with E-state index in [1.807, 2.05) is 0 Å². The second-order valence-electron chi connectivity index (χ2n) is 3.80. The summed E-state index contributed by atoms with van der Waals surface area (Å²) in [5, 5.41) is 16.3. The lowest BCUT2D eigenvalue weighted by atomic mass is 10.1. The van der Waals surface area contributed by atoms with E-state index in [0.717, 1.165) is 0 Å². The maximum atomic E-state index is 12.3. The van der Waals surface area contributed by atoms with E-state index in [-0.39, 0.29) is 28.6 Å². The summed E-state index contributed by atoms with van der Waals surface area (Å²) in [7, 11) is 0. The Balaban J connectivity index is 2.00. The number of aromatic hydroxyl groups is 1. The van der Waals surface area contributed by atoms with Crippen molar-refractivity contribution in [2.45, 2.75) is 12.6 Å². The molecule has 0 fully saturated rings. The number of aromatic nitrogens is 2. The van der Waals surface area contributed by atoms with Gasteiger partial charge in [-0.3, -0.25) is 4.79 Å². The first-order valence-corrected chi connectivity index (χ1v) is 6.15. The number of hydrogen-bond acceptors (Lipinski definition) is 5. The molecule has 1 aromatic carbocycles. The van der Waals surface area contributed by atoms with Crippen LogP contribution in [-0.4, -0.2) is 21.2 Å². The normalized spacial score (nSPS) is 11.3. The molecule has 20 heavy (non-hydrogen) atoms. The Hall–Kier alpha value is -2.16. The molecule has 0 aliphatic rings. The minimum atomic E-state index is -4.58. The number of anilines is 1. The number of benzene rings is 1. The van der Waals surface area contributed by atoms with Gasteiger partial charge in [-0.1, -0.05) is 23.5 Å². The fourth-order valence-electron chi connectivity index (χ4n) is 1.40. The first kappa shape index (κ1) is 14.3. The highest BCUT2D eigenvalue weighted by molar-refractivity contribution is 7.15. The monoisotopic (exact) mass is 303 g/mol. The van der Waals surface area contributed by atoms with Gasteiger partial charge < -0.3 is 10.4 Å². The second-order valence-corrected chi connectivity index (χ2v) is 4.78. The number of nitrogens with one attached hydrogen (secondary N) is 1. The van der Waals surface area contributed by atoms with Crippen LogP contribution in [0.2, 0.25) is 0 Å². The third kappa shape index (κ3) is 3.67. The summed E-state index contributed by atoms with van der Waals surface area (Å²) in [5.41, 5.74) is 0.531. The summed E-state index contributed by atoms with van der Waals surface area (Å²) in [6, 6.07) is 6.01. The predicted molar refractivity (Wildman–Crippen MR) is 65.4 cm³/mol. The Kier molecular flexibility index (Phi) is 3.89. The maximum Gasteiger partial charge on any atom is 0.445 e. The summed E-state index contributed by atoms with van der Waals surface area (Å²) in [6.45, 7) is 0. The van der Waals surface area contributed by atoms with E-state index in [0.29, 0.717) is 5.56 Å². The quantitative estimate of drug-likeness (QED) is 0.913. The van der Waals surface area contributed by atoms with Gasteiger partial charge in [-0.05, 0) is 17.7 Å². The van der Waals surface area contributed by atoms with Crippen LogP contribution in [-0.2, 0) is 17.4 Å². The number of alkyl halides is 3. The van der Waals surface area contributed by atoms with Gasteiger partial charge in [-0.2, -0.15) is 13.2 Å². The Morgan fingerprint density at radius 2 is 2.10 bits per heavy atom. The van der Waals surface area contributed by atoms with E-state index in [2.05, 4.69) is 15.5 Å². The zero-order valence-corrected chi connectivity index (χ0v) is 10.6. The molecule has 5 nitrogen and oxygen atoms in total. The van der Waals surface area contributed by atoms with Gasteiger partial charge in [0.15, 0.2) is 0 Å². The van der Waals surface area contributed by atoms with Gasteiger partial charge in [0, 0.05) is 0 Å². The minimum absolute atomic E-state index is 0.00516. The van der Waals surface area contributed by atoms with Gasteiger partial charge in [0.2, 0.25) is 16.0 Å². The van der Waals surface area contributed by atoms with Gasteiger partial charge in [-0.25, -0.2) is 0 Å². The molecule has 1 heterocycles. The molecular weight excluding hydrogens is 295 g/mol. The van der Waals surface area contributed by atoms with Gasteiger partial charge in [0.1, 0.15) is 5.75 Å². The topological polar surface area (TPSA) is 75.1 Å². The lowest BCUT2D eigenvalue weighted by Crippen LogP contribution is -2.14. The number of nitrogens with zero attached hydrogens (tertiary/aromatic N) is 2. The van der Waals surface area contributed by atoms with Crippen molar-refractivity contribution in [2.75, 3.05) is 5.32 Å². The summed E-state index contributed by atoms with van der Waals surface area (Å²) < 4.78 is 36.9. The molecule has 0 bridgehead atoms. The maximum absolute atomic E-state index is 12.3. The molecule has 1 amide bonds. The van der Waals surface area contributed by atoms with Gasteiger partial charge in [0.05, 0.1) is 6.42 Å². The number of phenols is 1. The van der Waals surface area contributed by atoms with E-state index in [1.165, 1.54) is 12.1 Å². The van der Waals surface area contributed by atoms with Crippen LogP contribution < -0.4 is 5.32 Å². The van der Waals surface area contributed by atoms with Crippen LogP contribution in [0.4, 0.5) is 18.3 Å². The second kappa shape index (κ2) is 5.45. The molecule has 0 radical (unpaired) electrons. The molecule has 2 N–H and O–H groups in total. The molecule has 0 unspecified atom stereocenters. The average molecular weight is 303 g/mol. The minimum Gasteiger partial charge on any atom is -0.508 e. The Morgan fingerprint density at radius 3 is 2.70 bits per heavy atom. The molecule has 9 heteroatoms. The van der Waals surface area contributed by atoms with Crippen molar-refractivity contribution in [3.05, 3.63) is 34.8 Å². The summed E-state index contributed by atoms with van der Waals surface area (Å²) in [5.74, 6) is -0.536. The number of rotatable bonds is 3. The molecule has 2 rings (SSSR count). The Labute approximate surface area is 115 Å². The van der Waals surface area contributed by atoms with Crippen molar-refractivity contribution in [3.63, 3.8) is 0 Å². The molecule has 0 aliphatic carbocycles.